The minimum atomic E-state index is -0.274. The van der Waals surface area contributed by atoms with E-state index in [1.54, 1.807) is 23.7 Å². The van der Waals surface area contributed by atoms with E-state index in [0.29, 0.717) is 17.5 Å². The van der Waals surface area contributed by atoms with Crippen molar-refractivity contribution in [2.24, 2.45) is 5.92 Å². The van der Waals surface area contributed by atoms with Crippen LogP contribution in [-0.2, 0) is 0 Å². The second-order valence-corrected chi connectivity index (χ2v) is 9.02. The van der Waals surface area contributed by atoms with E-state index in [1.165, 1.54) is 0 Å². The first-order valence-corrected chi connectivity index (χ1v) is 11.6. The molecule has 1 saturated heterocycles. The Kier molecular flexibility index (Phi) is 5.87. The van der Waals surface area contributed by atoms with Crippen LogP contribution in [0.25, 0.3) is 10.2 Å². The minimum absolute atomic E-state index is 0.274. The summed E-state index contributed by atoms with van der Waals surface area (Å²) < 4.78 is 7.24. The van der Waals surface area contributed by atoms with Crippen molar-refractivity contribution in [1.82, 2.24) is 15.0 Å². The fraction of sp³-hybridized carbons (Fsp3) is 0.292. The second kappa shape index (κ2) is 9.10. The Morgan fingerprint density at radius 3 is 2.56 bits per heavy atom. The lowest BCUT2D eigenvalue weighted by atomic mass is 9.92. The zero-order chi connectivity index (χ0) is 21.9. The number of rotatable bonds is 6. The van der Waals surface area contributed by atoms with Crippen molar-refractivity contribution in [2.45, 2.75) is 25.9 Å². The first-order valence-electron chi connectivity index (χ1n) is 10.8. The van der Waals surface area contributed by atoms with Crippen LogP contribution in [0, 0.1) is 5.92 Å². The summed E-state index contributed by atoms with van der Waals surface area (Å²) in [5.74, 6) is 2.27. The summed E-state index contributed by atoms with van der Waals surface area (Å²) in [6.07, 6.45) is 4.92. The number of ether oxygens (including phenoxy) is 1. The van der Waals surface area contributed by atoms with E-state index in [0.717, 1.165) is 52.8 Å². The van der Waals surface area contributed by atoms with Gasteiger partial charge in [-0.25, -0.2) is 15.0 Å². The molecule has 32 heavy (non-hydrogen) atoms. The third-order valence-corrected chi connectivity index (χ3v) is 6.73. The van der Waals surface area contributed by atoms with Crippen LogP contribution >= 0.6 is 11.3 Å². The highest BCUT2D eigenvalue weighted by atomic mass is 32.1. The molecule has 0 radical (unpaired) electrons. The topological polar surface area (TPSA) is 83.4 Å². The Hall–Kier alpha value is -3.23. The van der Waals surface area contributed by atoms with Gasteiger partial charge < -0.3 is 20.1 Å². The van der Waals surface area contributed by atoms with Crippen molar-refractivity contribution in [2.75, 3.05) is 23.3 Å². The Balaban J connectivity index is 1.27. The molecular formula is C24H25N5O2S. The largest absolute Gasteiger partial charge is 0.436 e. The number of aliphatic hydroxyl groups excluding tert-OH is 1. The van der Waals surface area contributed by atoms with E-state index < -0.39 is 0 Å². The molecule has 8 heteroatoms. The molecule has 0 amide bonds. The molecule has 2 aromatic heterocycles. The summed E-state index contributed by atoms with van der Waals surface area (Å²) in [6.45, 7) is 3.53. The summed E-state index contributed by atoms with van der Waals surface area (Å²) in [5, 5.41) is 14.1. The Morgan fingerprint density at radius 2 is 1.81 bits per heavy atom. The molecular weight excluding hydrogens is 422 g/mol. The third kappa shape index (κ3) is 4.51. The Bertz CT molecular complexity index is 1150. The molecule has 1 aliphatic rings. The van der Waals surface area contributed by atoms with Gasteiger partial charge in [0.15, 0.2) is 10.9 Å². The maximum Gasteiger partial charge on any atom is 0.263 e. The maximum atomic E-state index is 9.86. The van der Waals surface area contributed by atoms with Crippen molar-refractivity contribution in [1.29, 1.82) is 0 Å². The molecule has 1 fully saturated rings. The van der Waals surface area contributed by atoms with E-state index in [2.05, 4.69) is 31.2 Å². The number of hydrogen-bond acceptors (Lipinski definition) is 8. The molecule has 0 aliphatic carbocycles. The first kappa shape index (κ1) is 20.7. The van der Waals surface area contributed by atoms with Crippen molar-refractivity contribution >= 4 is 38.2 Å². The minimum Gasteiger partial charge on any atom is -0.436 e. The lowest BCUT2D eigenvalue weighted by molar-refractivity contribution is 0.109. The van der Waals surface area contributed by atoms with E-state index in [4.69, 9.17) is 4.74 Å². The van der Waals surface area contributed by atoms with Crippen molar-refractivity contribution in [3.8, 4) is 11.6 Å². The number of hydrogen-bond donors (Lipinski definition) is 2. The number of aromatic nitrogens is 3. The van der Waals surface area contributed by atoms with Gasteiger partial charge in [-0.3, -0.25) is 0 Å². The van der Waals surface area contributed by atoms with E-state index in [1.807, 2.05) is 49.4 Å². The molecule has 0 bridgehead atoms. The lowest BCUT2D eigenvalue weighted by Gasteiger charge is -2.34. The highest BCUT2D eigenvalue weighted by molar-refractivity contribution is 7.22. The van der Waals surface area contributed by atoms with Crippen LogP contribution in [0.2, 0.25) is 0 Å². The third-order valence-electron chi connectivity index (χ3n) is 5.78. The highest BCUT2D eigenvalue weighted by Crippen LogP contribution is 2.33. The fourth-order valence-electron chi connectivity index (χ4n) is 3.97. The van der Waals surface area contributed by atoms with E-state index >= 15 is 0 Å². The smallest absolute Gasteiger partial charge is 0.263 e. The number of nitrogens with zero attached hydrogens (tertiary/aromatic N) is 4. The first-order chi connectivity index (χ1) is 15.7. The molecule has 1 aliphatic heterocycles. The molecule has 0 saturated carbocycles. The number of para-hydroxylation sites is 1. The standard InChI is InChI=1S/C24H25N5O2S/c1-16(30)17-10-14-29(15-11-17)22-23(26-13-12-25-22)31-19-8-6-18(7-9-19)27-24-28-20-4-2-3-5-21(20)32-24/h2-9,12-13,16-17,30H,10-11,14-15H2,1H3,(H,27,28)/t16-/m0/s1. The average molecular weight is 448 g/mol. The average Bonchev–Trinajstić information content (AvgIpc) is 3.23. The molecule has 2 aromatic carbocycles. The predicted octanol–water partition coefficient (Wildman–Crippen LogP) is 5.22. The number of anilines is 3. The molecule has 4 aromatic rings. The van der Waals surface area contributed by atoms with Crippen molar-refractivity contribution < 1.29 is 9.84 Å². The highest BCUT2D eigenvalue weighted by Gasteiger charge is 2.25. The van der Waals surface area contributed by atoms with Crippen LogP contribution < -0.4 is 15.0 Å². The summed E-state index contributed by atoms with van der Waals surface area (Å²) in [4.78, 5) is 15.7. The molecule has 2 N–H and O–H groups in total. The number of thiazole rings is 1. The lowest BCUT2D eigenvalue weighted by Crippen LogP contribution is -2.37. The zero-order valence-corrected chi connectivity index (χ0v) is 18.6. The zero-order valence-electron chi connectivity index (χ0n) is 17.8. The van der Waals surface area contributed by atoms with Crippen LogP contribution in [0.5, 0.6) is 11.6 Å². The monoisotopic (exact) mass is 447 g/mol. The van der Waals surface area contributed by atoms with Crippen molar-refractivity contribution in [3.63, 3.8) is 0 Å². The van der Waals surface area contributed by atoms with Gasteiger partial charge in [0.1, 0.15) is 5.75 Å². The number of nitrogens with one attached hydrogen (secondary N) is 1. The van der Waals surface area contributed by atoms with Crippen LogP contribution in [0.1, 0.15) is 19.8 Å². The number of aliphatic hydroxyl groups is 1. The molecule has 0 spiro atoms. The van der Waals surface area contributed by atoms with E-state index in [9.17, 15) is 5.11 Å². The molecule has 3 heterocycles. The molecule has 1 atom stereocenters. The van der Waals surface area contributed by atoms with Crippen LogP contribution in [-0.4, -0.2) is 39.3 Å². The van der Waals surface area contributed by atoms with Gasteiger partial charge in [0.05, 0.1) is 16.3 Å². The summed E-state index contributed by atoms with van der Waals surface area (Å²) in [6, 6.07) is 15.8. The number of piperidine rings is 1. The second-order valence-electron chi connectivity index (χ2n) is 7.99. The van der Waals surface area contributed by atoms with Gasteiger partial charge in [0.2, 0.25) is 0 Å². The van der Waals surface area contributed by atoms with Crippen LogP contribution in [0.3, 0.4) is 0 Å². The summed E-state index contributed by atoms with van der Waals surface area (Å²) in [7, 11) is 0. The Morgan fingerprint density at radius 1 is 1.06 bits per heavy atom. The van der Waals surface area contributed by atoms with Gasteiger partial charge in [-0.2, -0.15) is 0 Å². The molecule has 7 nitrogen and oxygen atoms in total. The van der Waals surface area contributed by atoms with Crippen LogP contribution in [0.4, 0.5) is 16.6 Å². The molecule has 0 unspecified atom stereocenters. The SMILES string of the molecule is C[C@H](O)C1CCN(c2nccnc2Oc2ccc(Nc3nc4ccccc4s3)cc2)CC1. The van der Waals surface area contributed by atoms with E-state index in [-0.39, 0.29) is 6.10 Å². The van der Waals surface area contributed by atoms with Crippen LogP contribution in [0.15, 0.2) is 60.9 Å². The van der Waals surface area contributed by atoms with Gasteiger partial charge in [0.25, 0.3) is 5.88 Å². The van der Waals surface area contributed by atoms with Gasteiger partial charge in [-0.1, -0.05) is 23.5 Å². The normalized spacial score (nSPS) is 15.6. The molecule has 164 valence electrons. The fourth-order valence-corrected chi connectivity index (χ4v) is 4.85. The van der Waals surface area contributed by atoms with Crippen molar-refractivity contribution in [3.05, 3.63) is 60.9 Å². The predicted molar refractivity (Wildman–Crippen MR) is 128 cm³/mol. The molecule has 5 rings (SSSR count). The Labute approximate surface area is 190 Å². The number of benzene rings is 2. The van der Waals surface area contributed by atoms with Gasteiger partial charge in [0, 0.05) is 31.2 Å². The maximum absolute atomic E-state index is 9.86. The van der Waals surface area contributed by atoms with Gasteiger partial charge >= 0.3 is 0 Å². The number of fused-ring (bicyclic) bond motifs is 1. The quantitative estimate of drug-likeness (QED) is 0.419. The van der Waals surface area contributed by atoms with Gasteiger partial charge in [-0.15, -0.1) is 0 Å². The summed E-state index contributed by atoms with van der Waals surface area (Å²) in [5.41, 5.74) is 1.93. The summed E-state index contributed by atoms with van der Waals surface area (Å²) >= 11 is 1.63. The van der Waals surface area contributed by atoms with Gasteiger partial charge in [-0.05, 0) is 62.1 Å².